The van der Waals surface area contributed by atoms with Gasteiger partial charge in [0.25, 0.3) is 0 Å². The van der Waals surface area contributed by atoms with Crippen molar-refractivity contribution in [2.24, 2.45) is 5.73 Å². The number of amides is 1. The normalized spacial score (nSPS) is 12.2. The molecule has 1 amide bonds. The van der Waals surface area contributed by atoms with Gasteiger partial charge >= 0.3 is 6.18 Å². The van der Waals surface area contributed by atoms with E-state index in [1.54, 1.807) is 30.3 Å². The monoisotopic (exact) mass is 474 g/mol. The van der Waals surface area contributed by atoms with E-state index in [0.29, 0.717) is 34.7 Å². The number of ether oxygens (including phenoxy) is 2. The van der Waals surface area contributed by atoms with Crippen LogP contribution < -0.4 is 20.1 Å². The average molecular weight is 474 g/mol. The number of anilines is 1. The molecule has 180 valence electrons. The molecule has 0 aromatic heterocycles. The molecule has 0 radical (unpaired) electrons. The molecule has 0 bridgehead atoms. The topological polar surface area (TPSA) is 85.0 Å². The second-order valence-corrected chi connectivity index (χ2v) is 7.54. The smallest absolute Gasteiger partial charge is 0.416 e. The fourth-order valence-corrected chi connectivity index (χ4v) is 3.45. The maximum Gasteiger partial charge on any atom is 0.416 e. The average Bonchev–Trinajstić information content (AvgIpc) is 2.83. The van der Waals surface area contributed by atoms with Crippen molar-refractivity contribution in [3.63, 3.8) is 0 Å². The molecule has 0 aliphatic heterocycles. The van der Waals surface area contributed by atoms with Crippen molar-refractivity contribution in [3.05, 3.63) is 83.4 Å². The summed E-state index contributed by atoms with van der Waals surface area (Å²) in [7, 11) is 2.96. The lowest BCUT2D eigenvalue weighted by atomic mass is 10.0. The number of carbonyl (C=O) groups excluding carboxylic acids is 1. The summed E-state index contributed by atoms with van der Waals surface area (Å²) in [5.41, 5.74) is 7.12. The van der Waals surface area contributed by atoms with Crippen LogP contribution in [0.25, 0.3) is 0 Å². The van der Waals surface area contributed by atoms with Crippen molar-refractivity contribution in [3.8, 4) is 17.2 Å². The summed E-state index contributed by atoms with van der Waals surface area (Å²) in [4.78, 5) is 14.9. The first kappa shape index (κ1) is 24.9. The Balaban J connectivity index is 1.90. The van der Waals surface area contributed by atoms with Gasteiger partial charge in [0.1, 0.15) is 11.8 Å². The second-order valence-electron chi connectivity index (χ2n) is 7.54. The largest absolute Gasteiger partial charge is 0.508 e. The van der Waals surface area contributed by atoms with Gasteiger partial charge in [-0.05, 0) is 53.9 Å². The SMILES string of the molecule is COc1ccc(N(CCc2ccc(C(F)(F)F)cc2)C(=O)C(N)c2ccc(O)cc2)cc1OC. The predicted molar refractivity (Wildman–Crippen MR) is 122 cm³/mol. The van der Waals surface area contributed by atoms with Gasteiger partial charge in [-0.25, -0.2) is 0 Å². The molecular formula is C25H25F3N2O4. The third-order valence-electron chi connectivity index (χ3n) is 5.37. The number of hydrogen-bond donors (Lipinski definition) is 2. The molecule has 0 spiro atoms. The molecule has 0 fully saturated rings. The van der Waals surface area contributed by atoms with E-state index < -0.39 is 23.7 Å². The van der Waals surface area contributed by atoms with E-state index in [0.717, 1.165) is 12.1 Å². The van der Waals surface area contributed by atoms with Crippen molar-refractivity contribution in [1.29, 1.82) is 0 Å². The number of nitrogens with zero attached hydrogens (tertiary/aromatic N) is 1. The number of methoxy groups -OCH3 is 2. The highest BCUT2D eigenvalue weighted by atomic mass is 19.4. The minimum absolute atomic E-state index is 0.0439. The van der Waals surface area contributed by atoms with Crippen LogP contribution >= 0.6 is 0 Å². The van der Waals surface area contributed by atoms with Gasteiger partial charge < -0.3 is 25.2 Å². The van der Waals surface area contributed by atoms with Gasteiger partial charge in [-0.2, -0.15) is 13.2 Å². The Morgan fingerprint density at radius 2 is 1.59 bits per heavy atom. The van der Waals surface area contributed by atoms with E-state index >= 15 is 0 Å². The third-order valence-corrected chi connectivity index (χ3v) is 5.37. The Bertz CT molecular complexity index is 1120. The Hall–Kier alpha value is -3.72. The van der Waals surface area contributed by atoms with Crippen LogP contribution in [0.5, 0.6) is 17.2 Å². The van der Waals surface area contributed by atoms with Crippen molar-refractivity contribution in [2.45, 2.75) is 18.6 Å². The quantitative estimate of drug-likeness (QED) is 0.494. The first-order valence-electron chi connectivity index (χ1n) is 10.4. The first-order chi connectivity index (χ1) is 16.1. The van der Waals surface area contributed by atoms with Crippen LogP contribution in [0.2, 0.25) is 0 Å². The molecule has 3 N–H and O–H groups in total. The lowest BCUT2D eigenvalue weighted by Gasteiger charge is -2.27. The Morgan fingerprint density at radius 3 is 2.15 bits per heavy atom. The Morgan fingerprint density at radius 1 is 0.971 bits per heavy atom. The fraction of sp³-hybridized carbons (Fsp3) is 0.240. The molecule has 1 atom stereocenters. The molecule has 0 aliphatic rings. The number of hydrogen-bond acceptors (Lipinski definition) is 5. The van der Waals surface area contributed by atoms with Gasteiger partial charge in [0, 0.05) is 18.3 Å². The summed E-state index contributed by atoms with van der Waals surface area (Å²) < 4.78 is 49.2. The molecule has 6 nitrogen and oxygen atoms in total. The van der Waals surface area contributed by atoms with Gasteiger partial charge in [-0.15, -0.1) is 0 Å². The minimum atomic E-state index is -4.42. The number of carbonyl (C=O) groups is 1. The molecule has 3 rings (SSSR count). The van der Waals surface area contributed by atoms with Crippen molar-refractivity contribution < 1.29 is 32.5 Å². The molecule has 3 aromatic carbocycles. The molecular weight excluding hydrogens is 449 g/mol. The van der Waals surface area contributed by atoms with Crippen LogP contribution in [0.1, 0.15) is 22.7 Å². The van der Waals surface area contributed by atoms with Gasteiger partial charge in [0.05, 0.1) is 19.8 Å². The standard InChI is InChI=1S/C25H25F3N2O4/c1-33-21-12-9-19(15-22(21)34-2)30(24(32)23(29)17-5-10-20(31)11-6-17)14-13-16-3-7-18(8-4-16)25(26,27)28/h3-12,15,23,31H,13-14,29H2,1-2H3. The zero-order chi connectivity index (χ0) is 24.9. The highest BCUT2D eigenvalue weighted by Gasteiger charge is 2.30. The first-order valence-corrected chi connectivity index (χ1v) is 10.4. The lowest BCUT2D eigenvalue weighted by Crippen LogP contribution is -2.40. The minimum Gasteiger partial charge on any atom is -0.508 e. The molecule has 1 unspecified atom stereocenters. The number of rotatable bonds is 8. The van der Waals surface area contributed by atoms with E-state index in [-0.39, 0.29) is 12.3 Å². The number of nitrogens with two attached hydrogens (primary N) is 1. The summed E-state index contributed by atoms with van der Waals surface area (Å²) in [6, 6.07) is 14.7. The predicted octanol–water partition coefficient (Wildman–Crippen LogP) is 4.70. The molecule has 9 heteroatoms. The lowest BCUT2D eigenvalue weighted by molar-refractivity contribution is -0.137. The highest BCUT2D eigenvalue weighted by Crippen LogP contribution is 2.33. The molecule has 0 saturated heterocycles. The van der Waals surface area contributed by atoms with Crippen molar-refractivity contribution >= 4 is 11.6 Å². The maximum absolute atomic E-state index is 13.4. The number of benzene rings is 3. The van der Waals surface area contributed by atoms with Crippen LogP contribution in [0.4, 0.5) is 18.9 Å². The van der Waals surface area contributed by atoms with Crippen LogP contribution in [0, 0.1) is 0 Å². The highest BCUT2D eigenvalue weighted by molar-refractivity contribution is 5.98. The number of halogens is 3. The number of aromatic hydroxyl groups is 1. The van der Waals surface area contributed by atoms with Crippen molar-refractivity contribution in [1.82, 2.24) is 0 Å². The van der Waals surface area contributed by atoms with E-state index in [4.69, 9.17) is 15.2 Å². The van der Waals surface area contributed by atoms with E-state index in [1.807, 2.05) is 0 Å². The summed E-state index contributed by atoms with van der Waals surface area (Å²) in [5, 5.41) is 9.52. The number of phenolic OH excluding ortho intramolecular Hbond substituents is 1. The molecule has 0 aliphatic carbocycles. The van der Waals surface area contributed by atoms with Gasteiger partial charge in [-0.1, -0.05) is 24.3 Å². The van der Waals surface area contributed by atoms with Crippen LogP contribution in [-0.2, 0) is 17.4 Å². The van der Waals surface area contributed by atoms with E-state index in [1.165, 1.54) is 43.4 Å². The Kier molecular flexibility index (Phi) is 7.68. The fourth-order valence-electron chi connectivity index (χ4n) is 3.45. The third kappa shape index (κ3) is 5.79. The van der Waals surface area contributed by atoms with Crippen molar-refractivity contribution in [2.75, 3.05) is 25.7 Å². The second kappa shape index (κ2) is 10.5. The zero-order valence-corrected chi connectivity index (χ0v) is 18.7. The number of phenols is 1. The molecule has 0 heterocycles. The summed E-state index contributed by atoms with van der Waals surface area (Å²) in [5.74, 6) is 0.502. The van der Waals surface area contributed by atoms with E-state index in [9.17, 15) is 23.1 Å². The van der Waals surface area contributed by atoms with Crippen LogP contribution in [-0.4, -0.2) is 31.8 Å². The van der Waals surface area contributed by atoms with Crippen LogP contribution in [0.3, 0.4) is 0 Å². The molecule has 34 heavy (non-hydrogen) atoms. The Labute approximate surface area is 195 Å². The van der Waals surface area contributed by atoms with Crippen LogP contribution in [0.15, 0.2) is 66.7 Å². The zero-order valence-electron chi connectivity index (χ0n) is 18.7. The summed E-state index contributed by atoms with van der Waals surface area (Å²) in [6.07, 6.45) is -4.13. The van der Waals surface area contributed by atoms with Gasteiger partial charge in [0.2, 0.25) is 5.91 Å². The van der Waals surface area contributed by atoms with E-state index in [2.05, 4.69) is 0 Å². The summed E-state index contributed by atoms with van der Waals surface area (Å²) in [6.45, 7) is 0.158. The molecule has 3 aromatic rings. The van der Waals surface area contributed by atoms with Gasteiger partial charge in [0.15, 0.2) is 11.5 Å². The van der Waals surface area contributed by atoms with Gasteiger partial charge in [-0.3, -0.25) is 4.79 Å². The summed E-state index contributed by atoms with van der Waals surface area (Å²) >= 11 is 0. The number of alkyl halides is 3. The maximum atomic E-state index is 13.4. The molecule has 0 saturated carbocycles.